The van der Waals surface area contributed by atoms with E-state index in [0.29, 0.717) is 48.3 Å². The smallest absolute Gasteiger partial charge is 0.339 e. The molecule has 0 fully saturated rings. The molecule has 37 heavy (non-hydrogen) atoms. The van der Waals surface area contributed by atoms with Crippen LogP contribution in [0.15, 0.2) is 81.7 Å². The lowest BCUT2D eigenvalue weighted by molar-refractivity contribution is 0.0591. The van der Waals surface area contributed by atoms with Gasteiger partial charge in [-0.15, -0.1) is 0 Å². The Labute approximate surface area is 230 Å². The third-order valence-corrected chi connectivity index (χ3v) is 7.86. The van der Waals surface area contributed by atoms with Crippen LogP contribution < -0.4 is 0 Å². The van der Waals surface area contributed by atoms with E-state index in [1.807, 2.05) is 4.57 Å². The van der Waals surface area contributed by atoms with Gasteiger partial charge in [-0.1, -0.05) is 48.5 Å². The average Bonchev–Trinajstić information content (AvgIpc) is 3.21. The van der Waals surface area contributed by atoms with Crippen molar-refractivity contribution >= 4 is 49.8 Å². The molecule has 0 saturated carbocycles. The highest BCUT2D eigenvalue weighted by Crippen LogP contribution is 2.47. The number of methoxy groups -OCH3 is 3. The summed E-state index contributed by atoms with van der Waals surface area (Å²) in [7, 11) is 3.93. The van der Waals surface area contributed by atoms with Crippen molar-refractivity contribution in [3.05, 3.63) is 98.4 Å². The number of hydrogen-bond donors (Lipinski definition) is 0. The second kappa shape index (κ2) is 11.1. The molecule has 0 spiro atoms. The first kappa shape index (κ1) is 26.4. The van der Waals surface area contributed by atoms with Crippen LogP contribution in [0.25, 0.3) is 28.2 Å². The molecule has 4 rings (SSSR count). The van der Waals surface area contributed by atoms with E-state index in [9.17, 15) is 14.4 Å². The van der Waals surface area contributed by atoms with Crippen LogP contribution in [0, 0.1) is 0 Å². The zero-order valence-electron chi connectivity index (χ0n) is 20.1. The van der Waals surface area contributed by atoms with Crippen molar-refractivity contribution in [1.29, 1.82) is 0 Å². The molecule has 0 aliphatic heterocycles. The van der Waals surface area contributed by atoms with Gasteiger partial charge >= 0.3 is 17.9 Å². The van der Waals surface area contributed by atoms with Crippen LogP contribution in [-0.4, -0.2) is 43.8 Å². The van der Waals surface area contributed by atoms with Crippen molar-refractivity contribution in [2.24, 2.45) is 0 Å². The molecule has 0 radical (unpaired) electrons. The molecule has 7 nitrogen and oxygen atoms in total. The monoisotopic (exact) mass is 625 g/mol. The normalized spacial score (nSPS) is 10.6. The van der Waals surface area contributed by atoms with Gasteiger partial charge in [-0.2, -0.15) is 0 Å². The molecular formula is C28H21Br2NO6. The molecule has 0 bridgehead atoms. The molecule has 0 saturated heterocycles. The summed E-state index contributed by atoms with van der Waals surface area (Å²) in [6, 6.07) is 20.9. The van der Waals surface area contributed by atoms with Crippen LogP contribution in [0.2, 0.25) is 0 Å². The van der Waals surface area contributed by atoms with Gasteiger partial charge in [0, 0.05) is 11.1 Å². The molecule has 1 aromatic heterocycles. The fourth-order valence-electron chi connectivity index (χ4n) is 4.14. The van der Waals surface area contributed by atoms with Gasteiger partial charge in [0.2, 0.25) is 0 Å². The van der Waals surface area contributed by atoms with Crippen LogP contribution in [0.1, 0.15) is 31.1 Å². The van der Waals surface area contributed by atoms with Gasteiger partial charge < -0.3 is 18.8 Å². The minimum absolute atomic E-state index is 0.286. The van der Waals surface area contributed by atoms with E-state index >= 15 is 0 Å². The first-order chi connectivity index (χ1) is 17.8. The first-order valence-corrected chi connectivity index (χ1v) is 12.6. The minimum Gasteiger partial charge on any atom is -0.465 e. The van der Waals surface area contributed by atoms with E-state index in [-0.39, 0.29) is 5.56 Å². The largest absolute Gasteiger partial charge is 0.465 e. The Morgan fingerprint density at radius 3 is 1.35 bits per heavy atom. The highest BCUT2D eigenvalue weighted by Gasteiger charge is 2.30. The van der Waals surface area contributed by atoms with E-state index in [1.165, 1.54) is 21.3 Å². The number of carbonyl (C=O) groups is 3. The molecule has 0 amide bonds. The Morgan fingerprint density at radius 1 is 0.568 bits per heavy atom. The fourth-order valence-corrected chi connectivity index (χ4v) is 5.30. The number of rotatable bonds is 6. The highest BCUT2D eigenvalue weighted by atomic mass is 79.9. The van der Waals surface area contributed by atoms with Gasteiger partial charge in [-0.05, 0) is 56.1 Å². The quantitative estimate of drug-likeness (QED) is 0.175. The van der Waals surface area contributed by atoms with E-state index in [2.05, 4.69) is 31.9 Å². The maximum Gasteiger partial charge on any atom is 0.339 e. The zero-order valence-corrected chi connectivity index (χ0v) is 23.3. The van der Waals surface area contributed by atoms with Gasteiger partial charge in [-0.25, -0.2) is 14.4 Å². The van der Waals surface area contributed by atoms with Gasteiger partial charge in [0.05, 0.1) is 64.0 Å². The standard InChI is InChI=1S/C28H21Br2NO6/c1-35-26(32)18-12-6-4-10-16(18)24-22(29)23(30)25(17-11-5-7-13-19(17)27(33)36-2)31(24)21-15-9-8-14-20(21)28(34)37-3/h4-15H,1-3H3. The summed E-state index contributed by atoms with van der Waals surface area (Å²) in [6.07, 6.45) is 0. The first-order valence-electron chi connectivity index (χ1n) is 11.0. The maximum atomic E-state index is 12.8. The summed E-state index contributed by atoms with van der Waals surface area (Å²) in [4.78, 5) is 38.3. The third-order valence-electron chi connectivity index (χ3n) is 5.78. The summed E-state index contributed by atoms with van der Waals surface area (Å²) < 4.78 is 18.1. The van der Waals surface area contributed by atoms with Crippen molar-refractivity contribution in [3.63, 3.8) is 0 Å². The van der Waals surface area contributed by atoms with E-state index in [4.69, 9.17) is 14.2 Å². The number of esters is 3. The average molecular weight is 627 g/mol. The van der Waals surface area contributed by atoms with E-state index in [0.717, 1.165) is 0 Å². The molecule has 1 heterocycles. The van der Waals surface area contributed by atoms with Crippen LogP contribution >= 0.6 is 31.9 Å². The molecule has 0 atom stereocenters. The lowest BCUT2D eigenvalue weighted by atomic mass is 10.0. The topological polar surface area (TPSA) is 83.8 Å². The van der Waals surface area contributed by atoms with Crippen molar-refractivity contribution < 1.29 is 28.6 Å². The summed E-state index contributed by atoms with van der Waals surface area (Å²) in [5, 5.41) is 0. The van der Waals surface area contributed by atoms with Crippen molar-refractivity contribution in [2.75, 3.05) is 21.3 Å². The fraction of sp³-hybridized carbons (Fsp3) is 0.107. The van der Waals surface area contributed by atoms with Crippen molar-refractivity contribution in [3.8, 4) is 28.2 Å². The number of aromatic nitrogens is 1. The summed E-state index contributed by atoms with van der Waals surface area (Å²) >= 11 is 7.39. The third kappa shape index (κ3) is 4.72. The lowest BCUT2D eigenvalue weighted by Crippen LogP contribution is -2.12. The van der Waals surface area contributed by atoms with Crippen molar-refractivity contribution in [2.45, 2.75) is 0 Å². The van der Waals surface area contributed by atoms with E-state index in [1.54, 1.807) is 72.8 Å². The Morgan fingerprint density at radius 2 is 0.919 bits per heavy atom. The Bertz CT molecular complexity index is 1440. The van der Waals surface area contributed by atoms with Crippen LogP contribution in [0.5, 0.6) is 0 Å². The highest BCUT2D eigenvalue weighted by molar-refractivity contribution is 9.13. The van der Waals surface area contributed by atoms with Crippen LogP contribution in [0.3, 0.4) is 0 Å². The van der Waals surface area contributed by atoms with Gasteiger partial charge in [0.1, 0.15) is 0 Å². The molecular weight excluding hydrogens is 606 g/mol. The molecule has 3 aromatic carbocycles. The number of benzene rings is 3. The molecule has 0 aliphatic rings. The van der Waals surface area contributed by atoms with E-state index < -0.39 is 17.9 Å². The SMILES string of the molecule is COC(=O)c1ccccc1-c1c(Br)c(Br)c(-c2ccccc2C(=O)OC)n1-c1ccccc1C(=O)OC. The number of carbonyl (C=O) groups excluding carboxylic acids is 3. The van der Waals surface area contributed by atoms with Crippen molar-refractivity contribution in [1.82, 2.24) is 4.57 Å². The number of ether oxygens (including phenoxy) is 3. The number of para-hydroxylation sites is 1. The number of nitrogens with zero attached hydrogens (tertiary/aromatic N) is 1. The molecule has 188 valence electrons. The number of hydrogen-bond acceptors (Lipinski definition) is 6. The Balaban J connectivity index is 2.21. The minimum atomic E-state index is -0.545. The second-order valence-electron chi connectivity index (χ2n) is 7.74. The molecule has 4 aromatic rings. The van der Waals surface area contributed by atoms with Crippen LogP contribution in [0.4, 0.5) is 0 Å². The summed E-state index contributed by atoms with van der Waals surface area (Å²) in [5.41, 5.74) is 3.60. The molecule has 9 heteroatoms. The zero-order chi connectivity index (χ0) is 26.7. The Hall–Kier alpha value is -3.69. The number of halogens is 2. The molecule has 0 N–H and O–H groups in total. The van der Waals surface area contributed by atoms with Gasteiger partial charge in [0.25, 0.3) is 0 Å². The predicted octanol–water partition coefficient (Wildman–Crippen LogP) is 6.70. The Kier molecular flexibility index (Phi) is 7.94. The summed E-state index contributed by atoms with van der Waals surface area (Å²) in [6.45, 7) is 0. The molecule has 0 aliphatic carbocycles. The maximum absolute atomic E-state index is 12.8. The van der Waals surface area contributed by atoms with Crippen LogP contribution in [-0.2, 0) is 14.2 Å². The molecule has 0 unspecified atom stereocenters. The summed E-state index contributed by atoms with van der Waals surface area (Å²) in [5.74, 6) is -1.59. The lowest BCUT2D eigenvalue weighted by Gasteiger charge is -2.19. The van der Waals surface area contributed by atoms with Gasteiger partial charge in [-0.3, -0.25) is 0 Å². The van der Waals surface area contributed by atoms with Gasteiger partial charge in [0.15, 0.2) is 0 Å². The second-order valence-corrected chi connectivity index (χ2v) is 9.33. The predicted molar refractivity (Wildman–Crippen MR) is 146 cm³/mol.